The van der Waals surface area contributed by atoms with E-state index in [-0.39, 0.29) is 0 Å². The van der Waals surface area contributed by atoms with E-state index in [1.165, 1.54) is 12.2 Å². The first kappa shape index (κ1) is 11.3. The van der Waals surface area contributed by atoms with E-state index in [1.54, 1.807) is 24.3 Å². The Kier molecular flexibility index (Phi) is 2.69. The highest BCUT2D eigenvalue weighted by Crippen LogP contribution is 2.33. The van der Waals surface area contributed by atoms with E-state index in [0.717, 1.165) is 0 Å². The summed E-state index contributed by atoms with van der Waals surface area (Å²) in [6, 6.07) is 6.05. The molecule has 0 saturated heterocycles. The smallest absolute Gasteiger partial charge is 0.313 e. The average molecular weight is 232 g/mol. The number of carbonyl (C=O) groups is 2. The monoisotopic (exact) mass is 232 g/mol. The van der Waals surface area contributed by atoms with Gasteiger partial charge in [0, 0.05) is 0 Å². The molecule has 0 spiro atoms. The van der Waals surface area contributed by atoms with Crippen LogP contribution in [0.25, 0.3) is 0 Å². The molecule has 0 saturated carbocycles. The van der Waals surface area contributed by atoms with E-state index in [9.17, 15) is 14.7 Å². The number of hydrogen-bond acceptors (Lipinski definition) is 3. The van der Waals surface area contributed by atoms with Crippen molar-refractivity contribution in [3.05, 3.63) is 47.5 Å². The van der Waals surface area contributed by atoms with Crippen molar-refractivity contribution in [3.63, 3.8) is 0 Å². The van der Waals surface area contributed by atoms with Gasteiger partial charge in [0.05, 0.1) is 6.10 Å². The Morgan fingerprint density at radius 1 is 1.47 bits per heavy atom. The number of benzene rings is 1. The lowest BCUT2D eigenvalue weighted by Gasteiger charge is -2.32. The van der Waals surface area contributed by atoms with Gasteiger partial charge in [-0.3, -0.25) is 4.79 Å². The molecule has 0 aromatic heterocycles. The van der Waals surface area contributed by atoms with Crippen LogP contribution in [0.4, 0.5) is 4.79 Å². The van der Waals surface area contributed by atoms with Crippen molar-refractivity contribution in [2.24, 2.45) is 5.73 Å². The number of urea groups is 1. The molecule has 0 heterocycles. The lowest BCUT2D eigenvalue weighted by atomic mass is 9.81. The molecule has 2 amide bonds. The molecule has 4 N–H and O–H groups in total. The Hall–Kier alpha value is -2.14. The SMILES string of the molecule is NC(=O)NC1(C=O)C=CC(O)c2ccccc21. The van der Waals surface area contributed by atoms with E-state index in [2.05, 4.69) is 5.32 Å². The van der Waals surface area contributed by atoms with Crippen LogP contribution in [0.3, 0.4) is 0 Å². The predicted octanol–water partition coefficient (Wildman–Crippen LogP) is 0.352. The highest BCUT2D eigenvalue weighted by molar-refractivity contribution is 5.83. The Morgan fingerprint density at radius 3 is 2.82 bits per heavy atom. The fourth-order valence-corrected chi connectivity index (χ4v) is 2.01. The van der Waals surface area contributed by atoms with Crippen LogP contribution < -0.4 is 11.1 Å². The van der Waals surface area contributed by atoms with Gasteiger partial charge in [-0.1, -0.05) is 30.3 Å². The number of fused-ring (bicyclic) bond motifs is 1. The molecule has 1 aliphatic rings. The fraction of sp³-hybridized carbons (Fsp3) is 0.167. The minimum atomic E-state index is -1.29. The number of carbonyl (C=O) groups excluding carboxylic acids is 2. The highest BCUT2D eigenvalue weighted by Gasteiger charge is 2.36. The van der Waals surface area contributed by atoms with Gasteiger partial charge in [0.2, 0.25) is 0 Å². The lowest BCUT2D eigenvalue weighted by molar-refractivity contribution is -0.111. The van der Waals surface area contributed by atoms with E-state index in [0.29, 0.717) is 17.4 Å². The predicted molar refractivity (Wildman–Crippen MR) is 61.0 cm³/mol. The van der Waals surface area contributed by atoms with Crippen LogP contribution in [0.5, 0.6) is 0 Å². The zero-order valence-electron chi connectivity index (χ0n) is 8.96. The molecule has 0 aliphatic heterocycles. The number of aliphatic hydroxyl groups is 1. The quantitative estimate of drug-likeness (QED) is 0.507. The third-order valence-corrected chi connectivity index (χ3v) is 2.78. The summed E-state index contributed by atoms with van der Waals surface area (Å²) in [5.74, 6) is 0. The third-order valence-electron chi connectivity index (χ3n) is 2.78. The molecule has 5 nitrogen and oxygen atoms in total. The summed E-state index contributed by atoms with van der Waals surface area (Å²) in [5, 5.41) is 12.2. The number of hydrogen-bond donors (Lipinski definition) is 3. The molecular formula is C12H12N2O3. The molecule has 88 valence electrons. The van der Waals surface area contributed by atoms with Crippen molar-refractivity contribution >= 4 is 12.3 Å². The maximum absolute atomic E-state index is 11.3. The first-order chi connectivity index (χ1) is 8.09. The number of nitrogens with one attached hydrogen (secondary N) is 1. The first-order valence-electron chi connectivity index (χ1n) is 5.10. The standard InChI is InChI=1S/C12H12N2O3/c13-11(17)14-12(7-15)6-5-10(16)8-3-1-2-4-9(8)12/h1-7,10,16H,(H3,13,14,17). The van der Waals surface area contributed by atoms with Gasteiger partial charge in [-0.05, 0) is 17.2 Å². The van der Waals surface area contributed by atoms with Gasteiger partial charge >= 0.3 is 6.03 Å². The van der Waals surface area contributed by atoms with Crippen molar-refractivity contribution in [1.82, 2.24) is 5.32 Å². The Balaban J connectivity index is 2.58. The molecule has 0 fully saturated rings. The van der Waals surface area contributed by atoms with Gasteiger partial charge in [-0.15, -0.1) is 0 Å². The van der Waals surface area contributed by atoms with Crippen LogP contribution in [0.15, 0.2) is 36.4 Å². The fourth-order valence-electron chi connectivity index (χ4n) is 2.01. The van der Waals surface area contributed by atoms with E-state index < -0.39 is 17.7 Å². The van der Waals surface area contributed by atoms with Crippen LogP contribution in [0, 0.1) is 0 Å². The molecule has 2 unspecified atom stereocenters. The number of aliphatic hydroxyl groups excluding tert-OH is 1. The number of nitrogens with two attached hydrogens (primary N) is 1. The minimum absolute atomic E-state index is 0.531. The molecule has 2 atom stereocenters. The second-order valence-electron chi connectivity index (χ2n) is 3.87. The summed E-state index contributed by atoms with van der Waals surface area (Å²) in [7, 11) is 0. The van der Waals surface area contributed by atoms with Crippen molar-refractivity contribution in [1.29, 1.82) is 0 Å². The minimum Gasteiger partial charge on any atom is -0.384 e. The van der Waals surface area contributed by atoms with Crippen LogP contribution >= 0.6 is 0 Å². The Bertz CT molecular complexity index is 498. The molecule has 1 aromatic carbocycles. The molecule has 0 bridgehead atoms. The maximum atomic E-state index is 11.3. The maximum Gasteiger partial charge on any atom is 0.313 e. The summed E-state index contributed by atoms with van der Waals surface area (Å²) in [6.07, 6.45) is 2.71. The second kappa shape index (κ2) is 4.03. The molecule has 1 aromatic rings. The second-order valence-corrected chi connectivity index (χ2v) is 3.87. The van der Waals surface area contributed by atoms with Crippen LogP contribution in [0.1, 0.15) is 17.2 Å². The number of rotatable bonds is 2. The van der Waals surface area contributed by atoms with Gasteiger partial charge in [0.15, 0.2) is 6.29 Å². The topological polar surface area (TPSA) is 92.4 Å². The molecule has 17 heavy (non-hydrogen) atoms. The van der Waals surface area contributed by atoms with Gasteiger partial charge in [0.1, 0.15) is 5.54 Å². The van der Waals surface area contributed by atoms with Gasteiger partial charge in [-0.2, -0.15) is 0 Å². The summed E-state index contributed by atoms with van der Waals surface area (Å²) >= 11 is 0. The summed E-state index contributed by atoms with van der Waals surface area (Å²) in [5.41, 5.74) is 4.89. The van der Waals surface area contributed by atoms with Crippen LogP contribution in [-0.4, -0.2) is 17.4 Å². The zero-order chi connectivity index (χ0) is 12.5. The highest BCUT2D eigenvalue weighted by atomic mass is 16.3. The number of aldehydes is 1. The van der Waals surface area contributed by atoms with Gasteiger partial charge in [-0.25, -0.2) is 4.79 Å². The van der Waals surface area contributed by atoms with Crippen molar-refractivity contribution in [2.75, 3.05) is 0 Å². The van der Waals surface area contributed by atoms with Crippen LogP contribution in [-0.2, 0) is 10.3 Å². The molecule has 1 aliphatic carbocycles. The summed E-state index contributed by atoms with van der Waals surface area (Å²) < 4.78 is 0. The largest absolute Gasteiger partial charge is 0.384 e. The third kappa shape index (κ3) is 1.81. The normalized spacial score (nSPS) is 26.1. The van der Waals surface area contributed by atoms with E-state index in [1.807, 2.05) is 0 Å². The molecular weight excluding hydrogens is 220 g/mol. The number of primary amides is 1. The summed E-state index contributed by atoms with van der Waals surface area (Å²) in [4.78, 5) is 22.3. The summed E-state index contributed by atoms with van der Waals surface area (Å²) in [6.45, 7) is 0. The van der Waals surface area contributed by atoms with Crippen LogP contribution in [0.2, 0.25) is 0 Å². The van der Waals surface area contributed by atoms with E-state index >= 15 is 0 Å². The van der Waals surface area contributed by atoms with E-state index in [4.69, 9.17) is 5.73 Å². The zero-order valence-corrected chi connectivity index (χ0v) is 8.96. The van der Waals surface area contributed by atoms with Gasteiger partial charge < -0.3 is 16.2 Å². The van der Waals surface area contributed by atoms with Gasteiger partial charge in [0.25, 0.3) is 0 Å². The van der Waals surface area contributed by atoms with Crippen molar-refractivity contribution < 1.29 is 14.7 Å². The molecule has 2 rings (SSSR count). The lowest BCUT2D eigenvalue weighted by Crippen LogP contribution is -2.49. The first-order valence-corrected chi connectivity index (χ1v) is 5.10. The van der Waals surface area contributed by atoms with Crippen molar-refractivity contribution in [2.45, 2.75) is 11.6 Å². The molecule has 0 radical (unpaired) electrons. The Morgan fingerprint density at radius 2 is 2.18 bits per heavy atom. The Labute approximate surface area is 97.9 Å². The molecule has 5 heteroatoms. The number of amides is 2. The van der Waals surface area contributed by atoms with Crippen molar-refractivity contribution in [3.8, 4) is 0 Å². The average Bonchev–Trinajstić information content (AvgIpc) is 2.33.